The first kappa shape index (κ1) is 14.1. The van der Waals surface area contributed by atoms with E-state index in [2.05, 4.69) is 15.2 Å². The Kier molecular flexibility index (Phi) is 3.89. The van der Waals surface area contributed by atoms with E-state index in [1.807, 2.05) is 0 Å². The van der Waals surface area contributed by atoms with Crippen molar-refractivity contribution in [2.75, 3.05) is 19.6 Å². The monoisotopic (exact) mass is 313 g/mol. The largest absolute Gasteiger partial charge is 0.356 e. The van der Waals surface area contributed by atoms with Crippen LogP contribution in [0.2, 0.25) is 10.0 Å². The number of hydrogen-bond acceptors (Lipinski definition) is 3. The number of likely N-dealkylation sites (tertiary alicyclic amines) is 1. The highest BCUT2D eigenvalue weighted by Crippen LogP contribution is 2.38. The number of carbonyl (C=O) groups is 1. The Labute approximate surface area is 128 Å². The van der Waals surface area contributed by atoms with Crippen molar-refractivity contribution in [1.82, 2.24) is 15.2 Å². The summed E-state index contributed by atoms with van der Waals surface area (Å²) < 4.78 is 0. The second kappa shape index (κ2) is 5.51. The fraction of sp³-hybridized carbons (Fsp3) is 0.571. The van der Waals surface area contributed by atoms with Gasteiger partial charge in [-0.25, -0.2) is 0 Å². The molecule has 20 heavy (non-hydrogen) atoms. The highest BCUT2D eigenvalue weighted by molar-refractivity contribution is 6.35. The van der Waals surface area contributed by atoms with Crippen molar-refractivity contribution in [3.63, 3.8) is 0 Å². The van der Waals surface area contributed by atoms with Crippen molar-refractivity contribution in [1.29, 1.82) is 0 Å². The molecule has 2 fully saturated rings. The van der Waals surface area contributed by atoms with Crippen molar-refractivity contribution in [3.8, 4) is 0 Å². The first-order chi connectivity index (χ1) is 9.61. The fourth-order valence-electron chi connectivity index (χ4n) is 3.23. The molecule has 1 spiro atoms. The minimum atomic E-state index is -0.204. The highest BCUT2D eigenvalue weighted by atomic mass is 35.5. The number of aromatic nitrogens is 1. The second-order valence-corrected chi connectivity index (χ2v) is 6.50. The predicted molar refractivity (Wildman–Crippen MR) is 78.8 cm³/mol. The zero-order valence-corrected chi connectivity index (χ0v) is 12.7. The van der Waals surface area contributed by atoms with E-state index in [4.69, 9.17) is 23.2 Å². The molecule has 1 atom stereocenters. The molecule has 3 heterocycles. The number of amides is 1. The molecule has 1 aromatic heterocycles. The van der Waals surface area contributed by atoms with E-state index in [0.29, 0.717) is 16.6 Å². The maximum Gasteiger partial charge on any atom is 0.227 e. The SMILES string of the molecule is O=C1NCCC[C@]12CCN(Cc1c(Cl)cncc1Cl)C2. The van der Waals surface area contributed by atoms with Crippen LogP contribution in [0.3, 0.4) is 0 Å². The summed E-state index contributed by atoms with van der Waals surface area (Å²) in [5, 5.41) is 4.17. The van der Waals surface area contributed by atoms with Crippen LogP contribution < -0.4 is 5.32 Å². The van der Waals surface area contributed by atoms with Gasteiger partial charge in [-0.2, -0.15) is 0 Å². The summed E-state index contributed by atoms with van der Waals surface area (Å²) in [5.74, 6) is 0.207. The van der Waals surface area contributed by atoms with Gasteiger partial charge < -0.3 is 5.32 Å². The minimum Gasteiger partial charge on any atom is -0.356 e. The molecule has 3 rings (SSSR count). The average molecular weight is 314 g/mol. The maximum absolute atomic E-state index is 12.2. The minimum absolute atomic E-state index is 0.204. The molecule has 2 aliphatic heterocycles. The molecule has 2 aliphatic rings. The third kappa shape index (κ3) is 2.52. The number of pyridine rings is 1. The van der Waals surface area contributed by atoms with Crippen LogP contribution in [0.4, 0.5) is 0 Å². The Bertz CT molecular complexity index is 517. The van der Waals surface area contributed by atoms with Crippen molar-refractivity contribution in [3.05, 3.63) is 28.0 Å². The molecule has 4 nitrogen and oxygen atoms in total. The predicted octanol–water partition coefficient (Wildman–Crippen LogP) is 2.49. The average Bonchev–Trinajstić information content (AvgIpc) is 2.82. The number of rotatable bonds is 2. The molecule has 1 N–H and O–H groups in total. The third-order valence-electron chi connectivity index (χ3n) is 4.37. The molecule has 2 saturated heterocycles. The Morgan fingerprint density at radius 2 is 2.05 bits per heavy atom. The van der Waals surface area contributed by atoms with Crippen molar-refractivity contribution in [2.24, 2.45) is 5.41 Å². The van der Waals surface area contributed by atoms with Crippen LogP contribution in [-0.4, -0.2) is 35.4 Å². The van der Waals surface area contributed by atoms with Crippen molar-refractivity contribution in [2.45, 2.75) is 25.8 Å². The summed E-state index contributed by atoms with van der Waals surface area (Å²) in [7, 11) is 0. The van der Waals surface area contributed by atoms with Gasteiger partial charge in [0.25, 0.3) is 0 Å². The standard InChI is InChI=1S/C14H17Cl2N3O/c15-11-6-17-7-12(16)10(11)8-19-5-3-14(9-19)2-1-4-18-13(14)20/h6-7H,1-5,8-9H2,(H,18,20)/t14-/m1/s1. The van der Waals surface area contributed by atoms with Crippen LogP contribution in [0, 0.1) is 5.41 Å². The summed E-state index contributed by atoms with van der Waals surface area (Å²) in [6, 6.07) is 0. The molecular weight excluding hydrogens is 297 g/mol. The number of hydrogen-bond donors (Lipinski definition) is 1. The Hall–Kier alpha value is -0.840. The van der Waals surface area contributed by atoms with E-state index in [-0.39, 0.29) is 11.3 Å². The first-order valence-electron chi connectivity index (χ1n) is 6.89. The first-order valence-corrected chi connectivity index (χ1v) is 7.65. The van der Waals surface area contributed by atoms with Gasteiger partial charge in [-0.3, -0.25) is 14.7 Å². The van der Waals surface area contributed by atoms with E-state index in [9.17, 15) is 4.79 Å². The van der Waals surface area contributed by atoms with E-state index in [1.165, 1.54) is 0 Å². The molecule has 108 valence electrons. The zero-order chi connectivity index (χ0) is 14.2. The Morgan fingerprint density at radius 3 is 2.75 bits per heavy atom. The highest BCUT2D eigenvalue weighted by Gasteiger charge is 2.45. The van der Waals surface area contributed by atoms with Crippen molar-refractivity contribution < 1.29 is 4.79 Å². The van der Waals surface area contributed by atoms with Gasteiger partial charge in [-0.15, -0.1) is 0 Å². The molecule has 0 unspecified atom stereocenters. The molecule has 0 saturated carbocycles. The van der Waals surface area contributed by atoms with Gasteiger partial charge in [0, 0.05) is 37.6 Å². The van der Waals surface area contributed by atoms with Crippen LogP contribution in [0.5, 0.6) is 0 Å². The lowest BCUT2D eigenvalue weighted by atomic mass is 9.79. The van der Waals surface area contributed by atoms with Crippen LogP contribution in [0.15, 0.2) is 12.4 Å². The molecule has 1 amide bonds. The number of nitrogens with zero attached hydrogens (tertiary/aromatic N) is 2. The van der Waals surface area contributed by atoms with Crippen molar-refractivity contribution >= 4 is 29.1 Å². The smallest absolute Gasteiger partial charge is 0.227 e. The molecular formula is C14H17Cl2N3O. The second-order valence-electron chi connectivity index (χ2n) is 5.68. The van der Waals surface area contributed by atoms with Gasteiger partial charge in [-0.1, -0.05) is 23.2 Å². The van der Waals surface area contributed by atoms with Gasteiger partial charge in [0.2, 0.25) is 5.91 Å². The summed E-state index contributed by atoms with van der Waals surface area (Å²) in [4.78, 5) is 18.4. The normalized spacial score (nSPS) is 27.0. The van der Waals surface area contributed by atoms with Gasteiger partial charge in [0.1, 0.15) is 0 Å². The van der Waals surface area contributed by atoms with Gasteiger partial charge in [0.15, 0.2) is 0 Å². The van der Waals surface area contributed by atoms with E-state index < -0.39 is 0 Å². The van der Waals surface area contributed by atoms with Gasteiger partial charge in [0.05, 0.1) is 15.5 Å². The lowest BCUT2D eigenvalue weighted by Crippen LogP contribution is -2.47. The number of carbonyl (C=O) groups excluding carboxylic acids is 1. The summed E-state index contributed by atoms with van der Waals surface area (Å²) in [6.45, 7) is 3.17. The molecule has 0 aliphatic carbocycles. The number of nitrogens with one attached hydrogen (secondary N) is 1. The lowest BCUT2D eigenvalue weighted by molar-refractivity contribution is -0.132. The van der Waals surface area contributed by atoms with Crippen LogP contribution >= 0.6 is 23.2 Å². The maximum atomic E-state index is 12.2. The summed E-state index contributed by atoms with van der Waals surface area (Å²) >= 11 is 12.3. The molecule has 6 heteroatoms. The topological polar surface area (TPSA) is 45.2 Å². The van der Waals surface area contributed by atoms with E-state index in [1.54, 1.807) is 12.4 Å². The molecule has 0 aromatic carbocycles. The van der Waals surface area contributed by atoms with Crippen LogP contribution in [0.25, 0.3) is 0 Å². The van der Waals surface area contributed by atoms with Crippen LogP contribution in [-0.2, 0) is 11.3 Å². The molecule has 0 bridgehead atoms. The van der Waals surface area contributed by atoms with E-state index in [0.717, 1.165) is 44.5 Å². The fourth-order valence-corrected chi connectivity index (χ4v) is 3.71. The molecule has 0 radical (unpaired) electrons. The zero-order valence-electron chi connectivity index (χ0n) is 11.2. The van der Waals surface area contributed by atoms with E-state index >= 15 is 0 Å². The quantitative estimate of drug-likeness (QED) is 0.912. The third-order valence-corrected chi connectivity index (χ3v) is 5.02. The molecule has 1 aromatic rings. The number of piperidine rings is 1. The lowest BCUT2D eigenvalue weighted by Gasteiger charge is -2.32. The van der Waals surface area contributed by atoms with Gasteiger partial charge in [-0.05, 0) is 25.8 Å². The Morgan fingerprint density at radius 1 is 1.30 bits per heavy atom. The summed E-state index contributed by atoms with van der Waals surface area (Å²) in [5.41, 5.74) is 0.695. The van der Waals surface area contributed by atoms with Gasteiger partial charge >= 0.3 is 0 Å². The Balaban J connectivity index is 1.73. The summed E-state index contributed by atoms with van der Waals surface area (Å²) in [6.07, 6.45) is 6.19. The van der Waals surface area contributed by atoms with Crippen LogP contribution in [0.1, 0.15) is 24.8 Å². The number of halogens is 2.